The van der Waals surface area contributed by atoms with E-state index in [2.05, 4.69) is 40.8 Å². The van der Waals surface area contributed by atoms with Gasteiger partial charge in [-0.05, 0) is 56.3 Å². The number of ether oxygens (including phenoxy) is 2. The Morgan fingerprint density at radius 1 is 1.06 bits per heavy atom. The first kappa shape index (κ1) is 23.4. The van der Waals surface area contributed by atoms with Crippen LogP contribution in [0.25, 0.3) is 0 Å². The van der Waals surface area contributed by atoms with Gasteiger partial charge in [0.2, 0.25) is 0 Å². The third kappa shape index (κ3) is 5.31. The van der Waals surface area contributed by atoms with Crippen LogP contribution in [0.3, 0.4) is 0 Å². The Kier molecular flexibility index (Phi) is 7.58. The van der Waals surface area contributed by atoms with E-state index >= 15 is 0 Å². The van der Waals surface area contributed by atoms with Crippen molar-refractivity contribution in [2.24, 2.45) is 0 Å². The fourth-order valence-corrected chi connectivity index (χ4v) is 3.98. The Morgan fingerprint density at radius 3 is 2.50 bits per heavy atom. The lowest BCUT2D eigenvalue weighted by Crippen LogP contribution is -2.40. The van der Waals surface area contributed by atoms with Gasteiger partial charge in [0.05, 0.1) is 20.3 Å². The van der Waals surface area contributed by atoms with Crippen LogP contribution in [0, 0.1) is 0 Å². The predicted octanol–water partition coefficient (Wildman–Crippen LogP) is 2.44. The SMILES string of the molecule is COc1ccc(NC(=O)C(=O)NC[C@@H](c2ccc3c(c2)CCCN3C)N(C)C)cc1OC. The minimum absolute atomic E-state index is 0.0506. The molecule has 0 aliphatic carbocycles. The van der Waals surface area contributed by atoms with Gasteiger partial charge in [-0.3, -0.25) is 9.59 Å². The number of hydrogen-bond donors (Lipinski definition) is 2. The van der Waals surface area contributed by atoms with Crippen LogP contribution in [-0.2, 0) is 16.0 Å². The molecule has 0 aromatic heterocycles. The fourth-order valence-electron chi connectivity index (χ4n) is 3.98. The van der Waals surface area contributed by atoms with Gasteiger partial charge in [0.1, 0.15) is 0 Å². The highest BCUT2D eigenvalue weighted by molar-refractivity contribution is 6.39. The van der Waals surface area contributed by atoms with Gasteiger partial charge in [0.15, 0.2) is 11.5 Å². The molecule has 0 radical (unpaired) electrons. The van der Waals surface area contributed by atoms with E-state index in [-0.39, 0.29) is 6.04 Å². The number of fused-ring (bicyclic) bond motifs is 1. The summed E-state index contributed by atoms with van der Waals surface area (Å²) in [5.41, 5.74) is 4.15. The van der Waals surface area contributed by atoms with Crippen molar-refractivity contribution >= 4 is 23.2 Å². The van der Waals surface area contributed by atoms with Gasteiger partial charge in [-0.1, -0.05) is 12.1 Å². The molecular formula is C24H32N4O4. The van der Waals surface area contributed by atoms with Crippen LogP contribution in [0.15, 0.2) is 36.4 Å². The van der Waals surface area contributed by atoms with Gasteiger partial charge in [-0.2, -0.15) is 0 Å². The zero-order valence-corrected chi connectivity index (χ0v) is 19.4. The van der Waals surface area contributed by atoms with E-state index in [1.165, 1.54) is 25.5 Å². The van der Waals surface area contributed by atoms with E-state index in [9.17, 15) is 9.59 Å². The lowest BCUT2D eigenvalue weighted by atomic mass is 9.96. The number of methoxy groups -OCH3 is 2. The molecule has 1 aliphatic rings. The number of hydrogen-bond acceptors (Lipinski definition) is 6. The van der Waals surface area contributed by atoms with Crippen molar-refractivity contribution in [3.63, 3.8) is 0 Å². The molecule has 0 fully saturated rings. The Morgan fingerprint density at radius 2 is 1.81 bits per heavy atom. The van der Waals surface area contributed by atoms with Gasteiger partial charge in [-0.15, -0.1) is 0 Å². The molecular weight excluding hydrogens is 408 g/mol. The molecule has 2 aromatic rings. The lowest BCUT2D eigenvalue weighted by Gasteiger charge is -2.30. The summed E-state index contributed by atoms with van der Waals surface area (Å²) in [7, 11) is 9.08. The quantitative estimate of drug-likeness (QED) is 0.644. The molecule has 1 heterocycles. The molecule has 2 N–H and O–H groups in total. The molecule has 0 bridgehead atoms. The summed E-state index contributed by atoms with van der Waals surface area (Å²) in [4.78, 5) is 29.2. The average molecular weight is 441 g/mol. The topological polar surface area (TPSA) is 83.1 Å². The maximum atomic E-state index is 12.5. The lowest BCUT2D eigenvalue weighted by molar-refractivity contribution is -0.136. The number of nitrogens with zero attached hydrogens (tertiary/aromatic N) is 2. The summed E-state index contributed by atoms with van der Waals surface area (Å²) in [6.07, 6.45) is 2.18. The summed E-state index contributed by atoms with van der Waals surface area (Å²) >= 11 is 0. The average Bonchev–Trinajstić information content (AvgIpc) is 2.78. The third-order valence-corrected chi connectivity index (χ3v) is 5.77. The molecule has 3 rings (SSSR count). The van der Waals surface area contributed by atoms with Gasteiger partial charge in [-0.25, -0.2) is 0 Å². The predicted molar refractivity (Wildman–Crippen MR) is 126 cm³/mol. The first-order chi connectivity index (χ1) is 15.3. The highest BCUT2D eigenvalue weighted by Gasteiger charge is 2.21. The minimum Gasteiger partial charge on any atom is -0.493 e. The molecule has 0 saturated heterocycles. The normalized spacial score (nSPS) is 13.9. The van der Waals surface area contributed by atoms with Gasteiger partial charge < -0.3 is 29.9 Å². The van der Waals surface area contributed by atoms with Crippen molar-refractivity contribution in [1.82, 2.24) is 10.2 Å². The molecule has 0 spiro atoms. The van der Waals surface area contributed by atoms with E-state index in [0.717, 1.165) is 24.9 Å². The number of carbonyl (C=O) groups excluding carboxylic acids is 2. The molecule has 8 nitrogen and oxygen atoms in total. The van der Waals surface area contributed by atoms with Gasteiger partial charge in [0.25, 0.3) is 0 Å². The molecule has 1 aliphatic heterocycles. The van der Waals surface area contributed by atoms with Crippen molar-refractivity contribution in [3.8, 4) is 11.5 Å². The second-order valence-corrected chi connectivity index (χ2v) is 8.13. The van der Waals surface area contributed by atoms with Crippen molar-refractivity contribution in [1.29, 1.82) is 0 Å². The first-order valence-electron chi connectivity index (χ1n) is 10.7. The number of carbonyl (C=O) groups is 2. The van der Waals surface area contributed by atoms with Gasteiger partial charge >= 0.3 is 11.8 Å². The molecule has 2 amide bonds. The molecule has 2 aromatic carbocycles. The van der Waals surface area contributed by atoms with E-state index in [1.54, 1.807) is 18.2 Å². The minimum atomic E-state index is -0.734. The summed E-state index contributed by atoms with van der Waals surface area (Å²) in [6, 6.07) is 11.3. The number of nitrogens with one attached hydrogen (secondary N) is 2. The second kappa shape index (κ2) is 10.4. The summed E-state index contributed by atoms with van der Waals surface area (Å²) in [6.45, 7) is 1.38. The maximum Gasteiger partial charge on any atom is 0.313 e. The van der Waals surface area contributed by atoms with E-state index in [4.69, 9.17) is 9.47 Å². The number of benzene rings is 2. The number of amides is 2. The maximum absolute atomic E-state index is 12.5. The monoisotopic (exact) mass is 440 g/mol. The first-order valence-corrected chi connectivity index (χ1v) is 10.7. The number of likely N-dealkylation sites (N-methyl/N-ethyl adjacent to an activating group) is 1. The zero-order valence-electron chi connectivity index (χ0n) is 19.4. The van der Waals surface area contributed by atoms with Crippen molar-refractivity contribution in [2.75, 3.05) is 58.7 Å². The van der Waals surface area contributed by atoms with Crippen LogP contribution >= 0.6 is 0 Å². The van der Waals surface area contributed by atoms with Crippen molar-refractivity contribution in [3.05, 3.63) is 47.5 Å². The van der Waals surface area contributed by atoms with Crippen LogP contribution in [0.4, 0.5) is 11.4 Å². The Labute approximate surface area is 189 Å². The van der Waals surface area contributed by atoms with E-state index in [0.29, 0.717) is 23.7 Å². The second-order valence-electron chi connectivity index (χ2n) is 8.13. The summed E-state index contributed by atoms with van der Waals surface area (Å²) in [5.74, 6) is -0.414. The molecule has 0 saturated carbocycles. The largest absolute Gasteiger partial charge is 0.493 e. The van der Waals surface area contributed by atoms with E-state index < -0.39 is 11.8 Å². The number of anilines is 2. The smallest absolute Gasteiger partial charge is 0.313 e. The van der Waals surface area contributed by atoms with Crippen LogP contribution < -0.4 is 25.0 Å². The van der Waals surface area contributed by atoms with Crippen LogP contribution in [-0.4, -0.2) is 65.2 Å². The molecule has 32 heavy (non-hydrogen) atoms. The number of rotatable bonds is 7. The molecule has 1 atom stereocenters. The molecule has 8 heteroatoms. The Balaban J connectivity index is 1.64. The highest BCUT2D eigenvalue weighted by atomic mass is 16.5. The third-order valence-electron chi connectivity index (χ3n) is 5.77. The molecule has 172 valence electrons. The summed E-state index contributed by atoms with van der Waals surface area (Å²) < 4.78 is 10.4. The Bertz CT molecular complexity index is 976. The van der Waals surface area contributed by atoms with Crippen molar-refractivity contribution < 1.29 is 19.1 Å². The summed E-state index contributed by atoms with van der Waals surface area (Å²) in [5, 5.41) is 5.36. The Hall–Kier alpha value is -3.26. The van der Waals surface area contributed by atoms with Crippen LogP contribution in [0.2, 0.25) is 0 Å². The van der Waals surface area contributed by atoms with Crippen LogP contribution in [0.5, 0.6) is 11.5 Å². The molecule has 0 unspecified atom stereocenters. The van der Waals surface area contributed by atoms with E-state index in [1.807, 2.05) is 19.0 Å². The van der Waals surface area contributed by atoms with Crippen LogP contribution in [0.1, 0.15) is 23.6 Å². The fraction of sp³-hybridized carbons (Fsp3) is 0.417. The highest BCUT2D eigenvalue weighted by Crippen LogP contribution is 2.31. The van der Waals surface area contributed by atoms with Gasteiger partial charge in [0, 0.05) is 37.6 Å². The zero-order chi connectivity index (χ0) is 23.3. The number of aryl methyl sites for hydroxylation is 1. The standard InChI is InChI=1S/C24H32N4O4/c1-27(2)20(17-8-10-19-16(13-17)7-6-12-28(19)3)15-25-23(29)24(30)26-18-9-11-21(31-4)22(14-18)32-5/h8-11,13-14,20H,6-7,12,15H2,1-5H3,(H,25,29)(H,26,30)/t20-/m0/s1. The van der Waals surface area contributed by atoms with Crippen molar-refractivity contribution in [2.45, 2.75) is 18.9 Å².